The van der Waals surface area contributed by atoms with E-state index in [2.05, 4.69) is 16.0 Å². The van der Waals surface area contributed by atoms with Crippen molar-refractivity contribution >= 4 is 29.9 Å². The third-order valence-corrected chi connectivity index (χ3v) is 3.31. The Bertz CT molecular complexity index is 676. The Hall–Kier alpha value is -2.51. The number of nitrogens with one attached hydrogen (secondary N) is 3. The van der Waals surface area contributed by atoms with Gasteiger partial charge in [-0.15, -0.1) is 12.4 Å². The van der Waals surface area contributed by atoms with Gasteiger partial charge in [-0.05, 0) is 38.2 Å². The number of rotatable bonds is 8. The van der Waals surface area contributed by atoms with E-state index < -0.39 is 0 Å². The molecule has 0 saturated carbocycles. The number of halogens is 1. The Morgan fingerprint density at radius 3 is 2.72 bits per heavy atom. The molecule has 1 heterocycles. The van der Waals surface area contributed by atoms with Gasteiger partial charge >= 0.3 is 0 Å². The first-order valence-electron chi connectivity index (χ1n) is 7.60. The van der Waals surface area contributed by atoms with Gasteiger partial charge in [0.1, 0.15) is 5.75 Å². The van der Waals surface area contributed by atoms with Crippen molar-refractivity contribution in [3.8, 4) is 5.75 Å². The van der Waals surface area contributed by atoms with Crippen molar-refractivity contribution in [3.05, 3.63) is 48.4 Å². The Morgan fingerprint density at radius 2 is 2.04 bits per heavy atom. The Morgan fingerprint density at radius 1 is 1.24 bits per heavy atom. The molecule has 0 radical (unpaired) electrons. The lowest BCUT2D eigenvalue weighted by Crippen LogP contribution is -2.39. The fraction of sp³-hybridized carbons (Fsp3) is 0.294. The number of amides is 2. The maximum absolute atomic E-state index is 11.9. The van der Waals surface area contributed by atoms with Gasteiger partial charge < -0.3 is 25.1 Å². The zero-order chi connectivity index (χ0) is 17.4. The first kappa shape index (κ1) is 20.5. The summed E-state index contributed by atoms with van der Waals surface area (Å²) in [7, 11) is 1.83. The van der Waals surface area contributed by atoms with E-state index in [9.17, 15) is 9.59 Å². The van der Waals surface area contributed by atoms with Crippen molar-refractivity contribution in [1.82, 2.24) is 10.6 Å². The van der Waals surface area contributed by atoms with Gasteiger partial charge in [-0.3, -0.25) is 9.59 Å². The van der Waals surface area contributed by atoms with Gasteiger partial charge in [-0.2, -0.15) is 0 Å². The number of ether oxygens (including phenoxy) is 1. The van der Waals surface area contributed by atoms with E-state index >= 15 is 0 Å². The molecule has 2 amide bonds. The smallest absolute Gasteiger partial charge is 0.291 e. The van der Waals surface area contributed by atoms with Crippen LogP contribution < -0.4 is 20.7 Å². The quantitative estimate of drug-likeness (QED) is 0.664. The maximum atomic E-state index is 11.9. The molecule has 0 aliphatic rings. The highest BCUT2D eigenvalue weighted by Gasteiger charge is 2.09. The van der Waals surface area contributed by atoms with Crippen LogP contribution in [0.2, 0.25) is 0 Å². The van der Waals surface area contributed by atoms with Crippen LogP contribution in [-0.2, 0) is 4.79 Å². The molecule has 3 N–H and O–H groups in total. The molecular weight excluding hydrogens is 346 g/mol. The largest absolute Gasteiger partial charge is 0.484 e. The van der Waals surface area contributed by atoms with Crippen molar-refractivity contribution in [2.24, 2.45) is 0 Å². The topological polar surface area (TPSA) is 92.6 Å². The van der Waals surface area contributed by atoms with Crippen LogP contribution in [0.1, 0.15) is 17.5 Å². The zero-order valence-corrected chi connectivity index (χ0v) is 14.9. The molecule has 7 nitrogen and oxygen atoms in total. The van der Waals surface area contributed by atoms with Crippen LogP contribution in [0.15, 0.2) is 47.1 Å². The Kier molecular flexibility index (Phi) is 8.52. The summed E-state index contributed by atoms with van der Waals surface area (Å²) in [5.74, 6) is 0.154. The molecule has 0 bridgehead atoms. The molecule has 25 heavy (non-hydrogen) atoms. The van der Waals surface area contributed by atoms with E-state index in [0.717, 1.165) is 0 Å². The van der Waals surface area contributed by atoms with Gasteiger partial charge in [-0.1, -0.05) is 6.07 Å². The molecule has 0 aliphatic heterocycles. The summed E-state index contributed by atoms with van der Waals surface area (Å²) in [6.45, 7) is 2.40. The van der Waals surface area contributed by atoms with Crippen molar-refractivity contribution < 1.29 is 18.7 Å². The summed E-state index contributed by atoms with van der Waals surface area (Å²) in [5, 5.41) is 8.49. The normalized spacial score (nSPS) is 11.1. The second-order valence-electron chi connectivity index (χ2n) is 5.24. The summed E-state index contributed by atoms with van der Waals surface area (Å²) in [5.41, 5.74) is 0.554. The fourth-order valence-corrected chi connectivity index (χ4v) is 1.83. The highest BCUT2D eigenvalue weighted by Crippen LogP contribution is 2.18. The summed E-state index contributed by atoms with van der Waals surface area (Å²) < 4.78 is 10.5. The minimum Gasteiger partial charge on any atom is -0.484 e. The van der Waals surface area contributed by atoms with Crippen LogP contribution in [0.5, 0.6) is 5.75 Å². The molecule has 0 spiro atoms. The molecule has 0 saturated heterocycles. The minimum atomic E-state index is -0.351. The van der Waals surface area contributed by atoms with Crippen LogP contribution in [0.4, 0.5) is 5.69 Å². The van der Waals surface area contributed by atoms with Crippen molar-refractivity contribution in [3.63, 3.8) is 0 Å². The van der Waals surface area contributed by atoms with E-state index in [0.29, 0.717) is 18.0 Å². The number of carbonyl (C=O) groups is 2. The van der Waals surface area contributed by atoms with Gasteiger partial charge in [0.25, 0.3) is 11.8 Å². The average Bonchev–Trinajstić information content (AvgIpc) is 3.13. The molecule has 1 aromatic heterocycles. The standard InChI is InChI=1S/C17H21N3O4.ClH/c1-12(18-2)10-19-16(21)11-24-14-6-3-5-13(9-14)20-17(22)15-7-4-8-23-15;/h3-9,12,18H,10-11H2,1-2H3,(H,19,21)(H,20,22);1H. The molecule has 1 unspecified atom stereocenters. The van der Waals surface area contributed by atoms with Crippen LogP contribution in [0.3, 0.4) is 0 Å². The molecule has 0 fully saturated rings. The summed E-state index contributed by atoms with van der Waals surface area (Å²) >= 11 is 0. The number of furan rings is 1. The lowest BCUT2D eigenvalue weighted by molar-refractivity contribution is -0.123. The second-order valence-corrected chi connectivity index (χ2v) is 5.24. The molecule has 1 aromatic carbocycles. The molecular formula is C17H22ClN3O4. The molecule has 2 rings (SSSR count). The molecule has 0 aliphatic carbocycles. The second kappa shape index (κ2) is 10.4. The van der Waals surface area contributed by atoms with Gasteiger partial charge in [-0.25, -0.2) is 0 Å². The summed E-state index contributed by atoms with van der Waals surface area (Å²) in [4.78, 5) is 23.6. The van der Waals surface area contributed by atoms with E-state index in [1.807, 2.05) is 14.0 Å². The monoisotopic (exact) mass is 367 g/mol. The van der Waals surface area contributed by atoms with Crippen LogP contribution in [0, 0.1) is 0 Å². The highest BCUT2D eigenvalue weighted by molar-refractivity contribution is 6.02. The average molecular weight is 368 g/mol. The number of hydrogen-bond donors (Lipinski definition) is 3. The minimum absolute atomic E-state index is 0. The fourth-order valence-electron chi connectivity index (χ4n) is 1.83. The number of hydrogen-bond acceptors (Lipinski definition) is 5. The van der Waals surface area contributed by atoms with E-state index in [-0.39, 0.29) is 42.6 Å². The van der Waals surface area contributed by atoms with Crippen LogP contribution in [-0.4, -0.2) is 38.1 Å². The van der Waals surface area contributed by atoms with Crippen LogP contribution in [0.25, 0.3) is 0 Å². The number of carbonyl (C=O) groups excluding carboxylic acids is 2. The van der Waals surface area contributed by atoms with Gasteiger partial charge in [0.05, 0.1) is 6.26 Å². The first-order valence-corrected chi connectivity index (χ1v) is 7.60. The van der Waals surface area contributed by atoms with Gasteiger partial charge in [0.2, 0.25) is 0 Å². The molecule has 1 atom stereocenters. The number of likely N-dealkylation sites (N-methyl/N-ethyl adjacent to an activating group) is 1. The first-order chi connectivity index (χ1) is 11.6. The summed E-state index contributed by atoms with van der Waals surface area (Å²) in [6.07, 6.45) is 1.43. The molecule has 2 aromatic rings. The predicted octanol–water partition coefficient (Wildman–Crippen LogP) is 2.06. The molecule has 136 valence electrons. The van der Waals surface area contributed by atoms with E-state index in [1.165, 1.54) is 6.26 Å². The lowest BCUT2D eigenvalue weighted by Gasteiger charge is -2.12. The van der Waals surface area contributed by atoms with Gasteiger partial charge in [0, 0.05) is 24.3 Å². The SMILES string of the molecule is CNC(C)CNC(=O)COc1cccc(NC(=O)c2ccco2)c1.Cl. The Labute approximate surface area is 152 Å². The predicted molar refractivity (Wildman–Crippen MR) is 97.4 cm³/mol. The third-order valence-electron chi connectivity index (χ3n) is 3.31. The third kappa shape index (κ3) is 6.86. The number of benzene rings is 1. The zero-order valence-electron chi connectivity index (χ0n) is 14.1. The Balaban J connectivity index is 0.00000312. The highest BCUT2D eigenvalue weighted by atomic mass is 35.5. The van der Waals surface area contributed by atoms with Crippen LogP contribution >= 0.6 is 12.4 Å². The van der Waals surface area contributed by atoms with Gasteiger partial charge in [0.15, 0.2) is 12.4 Å². The van der Waals surface area contributed by atoms with Crippen molar-refractivity contribution in [2.75, 3.05) is 25.5 Å². The van der Waals surface area contributed by atoms with E-state index in [1.54, 1.807) is 36.4 Å². The lowest BCUT2D eigenvalue weighted by atomic mass is 10.3. The summed E-state index contributed by atoms with van der Waals surface area (Å²) in [6, 6.07) is 10.2. The van der Waals surface area contributed by atoms with E-state index in [4.69, 9.17) is 9.15 Å². The molecule has 8 heteroatoms. The van der Waals surface area contributed by atoms with Crippen molar-refractivity contribution in [1.29, 1.82) is 0 Å². The maximum Gasteiger partial charge on any atom is 0.291 e. The number of anilines is 1. The van der Waals surface area contributed by atoms with Crippen molar-refractivity contribution in [2.45, 2.75) is 13.0 Å².